The normalized spacial score (nSPS) is 19.0. The number of hydrogen-bond donors (Lipinski definition) is 2. The SMILES string of the molecule is O=C(NC1CCN(C(=O)CC2CCc3cc(C(O)(C(F)(F)F)C(F)(F)F)ccc3N2S(=O)(=O)c2ccc(F)cc2)C1)c1ccccc1. The summed E-state index contributed by atoms with van der Waals surface area (Å²) in [6.07, 6.45) is -12.7. The molecule has 0 aliphatic carbocycles. The number of benzene rings is 3. The summed E-state index contributed by atoms with van der Waals surface area (Å²) in [5, 5.41) is 12.8. The van der Waals surface area contributed by atoms with E-state index in [-0.39, 0.29) is 43.1 Å². The third-order valence-electron chi connectivity index (χ3n) is 8.33. The van der Waals surface area contributed by atoms with Crippen LogP contribution in [-0.2, 0) is 26.8 Å². The van der Waals surface area contributed by atoms with Crippen molar-refractivity contribution in [2.24, 2.45) is 0 Å². The van der Waals surface area contributed by atoms with Crippen LogP contribution >= 0.6 is 0 Å². The average molecular weight is 688 g/mol. The molecule has 3 aromatic carbocycles. The van der Waals surface area contributed by atoms with Gasteiger partial charge in [0.05, 0.1) is 16.6 Å². The van der Waals surface area contributed by atoms with Crippen LogP contribution in [0.15, 0.2) is 77.7 Å². The molecule has 2 amide bonds. The molecule has 2 atom stereocenters. The molecule has 2 aliphatic rings. The van der Waals surface area contributed by atoms with Crippen LogP contribution in [-0.4, -0.2) is 67.8 Å². The van der Waals surface area contributed by atoms with E-state index < -0.39 is 68.7 Å². The van der Waals surface area contributed by atoms with Gasteiger partial charge in [0.2, 0.25) is 5.91 Å². The molecule has 0 spiro atoms. The molecule has 3 aromatic rings. The number of halogens is 7. The second-order valence-corrected chi connectivity index (χ2v) is 13.2. The molecule has 16 heteroatoms. The van der Waals surface area contributed by atoms with Crippen molar-refractivity contribution in [3.8, 4) is 0 Å². The van der Waals surface area contributed by atoms with Crippen LogP contribution in [0.2, 0.25) is 0 Å². The molecule has 2 aliphatic heterocycles. The number of aliphatic hydroxyl groups is 1. The molecule has 0 saturated carbocycles. The highest BCUT2D eigenvalue weighted by molar-refractivity contribution is 7.92. The summed E-state index contributed by atoms with van der Waals surface area (Å²) in [7, 11) is -4.64. The van der Waals surface area contributed by atoms with Gasteiger partial charge in [-0.25, -0.2) is 12.8 Å². The zero-order chi connectivity index (χ0) is 34.4. The molecule has 1 saturated heterocycles. The molecule has 5 rings (SSSR count). The molecule has 1 fully saturated rings. The fraction of sp³-hybridized carbons (Fsp3) is 0.355. The minimum absolute atomic E-state index is 0.127. The van der Waals surface area contributed by atoms with E-state index in [0.717, 1.165) is 34.6 Å². The Morgan fingerprint density at radius 3 is 2.15 bits per heavy atom. The molecule has 0 aromatic heterocycles. The number of nitrogens with one attached hydrogen (secondary N) is 1. The minimum Gasteiger partial charge on any atom is -0.369 e. The first-order valence-electron chi connectivity index (χ1n) is 14.4. The maximum atomic E-state index is 13.9. The molecular weight excluding hydrogens is 659 g/mol. The van der Waals surface area contributed by atoms with Gasteiger partial charge in [-0.3, -0.25) is 13.9 Å². The van der Waals surface area contributed by atoms with Crippen molar-refractivity contribution in [1.82, 2.24) is 10.2 Å². The van der Waals surface area contributed by atoms with Crippen LogP contribution in [0.3, 0.4) is 0 Å². The minimum atomic E-state index is -6.16. The molecule has 2 unspecified atom stereocenters. The van der Waals surface area contributed by atoms with Gasteiger partial charge in [0.1, 0.15) is 5.82 Å². The zero-order valence-corrected chi connectivity index (χ0v) is 25.2. The van der Waals surface area contributed by atoms with Crippen molar-refractivity contribution in [2.75, 3.05) is 17.4 Å². The number of nitrogens with zero attached hydrogens (tertiary/aromatic N) is 2. The number of likely N-dealkylation sites (tertiary alicyclic amines) is 1. The van der Waals surface area contributed by atoms with Gasteiger partial charge in [-0.1, -0.05) is 30.3 Å². The Morgan fingerprint density at radius 2 is 1.53 bits per heavy atom. The monoisotopic (exact) mass is 687 g/mol. The van der Waals surface area contributed by atoms with Gasteiger partial charge >= 0.3 is 12.4 Å². The Balaban J connectivity index is 1.44. The van der Waals surface area contributed by atoms with Crippen LogP contribution in [0.5, 0.6) is 0 Å². The predicted molar refractivity (Wildman–Crippen MR) is 154 cm³/mol. The first-order chi connectivity index (χ1) is 21.9. The van der Waals surface area contributed by atoms with Gasteiger partial charge in [0.25, 0.3) is 21.5 Å². The number of hydrogen-bond acceptors (Lipinski definition) is 5. The molecule has 252 valence electrons. The lowest BCUT2D eigenvalue weighted by molar-refractivity contribution is -0.376. The number of fused-ring (bicyclic) bond motifs is 1. The van der Waals surface area contributed by atoms with Gasteiger partial charge in [-0.15, -0.1) is 0 Å². The fourth-order valence-electron chi connectivity index (χ4n) is 5.87. The summed E-state index contributed by atoms with van der Waals surface area (Å²) >= 11 is 0. The number of aryl methyl sites for hydroxylation is 1. The lowest BCUT2D eigenvalue weighted by Crippen LogP contribution is -2.54. The number of alkyl halides is 6. The van der Waals surface area contributed by atoms with Crippen molar-refractivity contribution in [3.05, 3.63) is 95.3 Å². The van der Waals surface area contributed by atoms with Crippen LogP contribution in [0.4, 0.5) is 36.4 Å². The Hall–Kier alpha value is -4.18. The molecule has 0 bridgehead atoms. The van der Waals surface area contributed by atoms with Crippen molar-refractivity contribution >= 4 is 27.5 Å². The zero-order valence-electron chi connectivity index (χ0n) is 24.4. The molecule has 8 nitrogen and oxygen atoms in total. The van der Waals surface area contributed by atoms with Crippen LogP contribution in [0.1, 0.15) is 40.7 Å². The van der Waals surface area contributed by atoms with Gasteiger partial charge in [-0.05, 0) is 67.3 Å². The summed E-state index contributed by atoms with van der Waals surface area (Å²) < 4.78 is 124. The number of carbonyl (C=O) groups is 2. The summed E-state index contributed by atoms with van der Waals surface area (Å²) in [6, 6.07) is 12.0. The van der Waals surface area contributed by atoms with Crippen molar-refractivity contribution < 1.29 is 53.8 Å². The molecule has 2 N–H and O–H groups in total. The standard InChI is InChI=1S/C31H28F7N3O5S/c32-22-8-11-25(12-9-22)47(45,46)41-24(17-27(42)40-15-14-23(18-40)39-28(43)19-4-2-1-3-5-19)10-6-20-16-21(7-13-26(20)41)29(44,30(33,34)35)31(36,37)38/h1-5,7-9,11-13,16,23-24,44H,6,10,14-15,17-18H2,(H,39,43). The predicted octanol–water partition coefficient (Wildman–Crippen LogP) is 5.07. The highest BCUT2D eigenvalue weighted by Crippen LogP contribution is 2.51. The smallest absolute Gasteiger partial charge is 0.369 e. The Labute approximate surface area is 264 Å². The second-order valence-electron chi connectivity index (χ2n) is 11.4. The number of sulfonamides is 1. The van der Waals surface area contributed by atoms with Gasteiger partial charge in [-0.2, -0.15) is 26.3 Å². The Kier molecular flexibility index (Phi) is 9.05. The molecular formula is C31H28F7N3O5S. The average Bonchev–Trinajstić information content (AvgIpc) is 3.48. The van der Waals surface area contributed by atoms with E-state index in [1.807, 2.05) is 0 Å². The third-order valence-corrected chi connectivity index (χ3v) is 10.2. The van der Waals surface area contributed by atoms with E-state index in [0.29, 0.717) is 24.1 Å². The maximum Gasteiger partial charge on any atom is 0.430 e. The summed E-state index contributed by atoms with van der Waals surface area (Å²) in [5.74, 6) is -1.59. The number of anilines is 1. The number of rotatable bonds is 7. The van der Waals surface area contributed by atoms with E-state index in [4.69, 9.17) is 0 Å². The number of amides is 2. The molecule has 2 heterocycles. The quantitative estimate of drug-likeness (QED) is 0.338. The Bertz CT molecular complexity index is 1740. The lowest BCUT2D eigenvalue weighted by Gasteiger charge is -2.39. The first kappa shape index (κ1) is 34.2. The number of carbonyl (C=O) groups excluding carboxylic acids is 2. The van der Waals surface area contributed by atoms with Crippen LogP contribution in [0, 0.1) is 5.82 Å². The largest absolute Gasteiger partial charge is 0.430 e. The first-order valence-corrected chi connectivity index (χ1v) is 15.8. The van der Waals surface area contributed by atoms with Crippen molar-refractivity contribution in [1.29, 1.82) is 0 Å². The van der Waals surface area contributed by atoms with E-state index >= 15 is 0 Å². The highest BCUT2D eigenvalue weighted by atomic mass is 32.2. The van der Waals surface area contributed by atoms with Crippen molar-refractivity contribution in [2.45, 2.75) is 60.6 Å². The summed E-state index contributed by atoms with van der Waals surface area (Å²) in [5.41, 5.74) is -6.89. The van der Waals surface area contributed by atoms with Crippen molar-refractivity contribution in [3.63, 3.8) is 0 Å². The van der Waals surface area contributed by atoms with Gasteiger partial charge < -0.3 is 15.3 Å². The fourth-order valence-corrected chi connectivity index (χ4v) is 7.59. The van der Waals surface area contributed by atoms with E-state index in [1.54, 1.807) is 30.3 Å². The lowest BCUT2D eigenvalue weighted by atomic mass is 9.87. The summed E-state index contributed by atoms with van der Waals surface area (Å²) in [4.78, 5) is 27.0. The Morgan fingerprint density at radius 1 is 0.894 bits per heavy atom. The molecule has 0 radical (unpaired) electrons. The van der Waals surface area contributed by atoms with E-state index in [9.17, 15) is 53.8 Å². The second kappa shape index (κ2) is 12.4. The maximum absolute atomic E-state index is 13.9. The third kappa shape index (κ3) is 6.52. The molecule has 47 heavy (non-hydrogen) atoms. The van der Waals surface area contributed by atoms with Gasteiger partial charge in [0, 0.05) is 36.7 Å². The van der Waals surface area contributed by atoms with Crippen LogP contribution < -0.4 is 9.62 Å². The highest BCUT2D eigenvalue weighted by Gasteiger charge is 2.71. The van der Waals surface area contributed by atoms with E-state index in [2.05, 4.69) is 5.32 Å². The summed E-state index contributed by atoms with van der Waals surface area (Å²) in [6.45, 7) is 0.367. The van der Waals surface area contributed by atoms with E-state index in [1.165, 1.54) is 4.90 Å². The van der Waals surface area contributed by atoms with Gasteiger partial charge in [0.15, 0.2) is 0 Å². The topological polar surface area (TPSA) is 107 Å². The van der Waals surface area contributed by atoms with Crippen LogP contribution in [0.25, 0.3) is 0 Å².